The summed E-state index contributed by atoms with van der Waals surface area (Å²) in [6, 6.07) is 9.35. The Balaban J connectivity index is 1.48. The lowest BCUT2D eigenvalue weighted by Crippen LogP contribution is -2.50. The first-order valence-electron chi connectivity index (χ1n) is 12.2. The molecule has 2 heterocycles. The normalized spacial score (nSPS) is 22.2. The van der Waals surface area contributed by atoms with Crippen LogP contribution in [0.5, 0.6) is 0 Å². The fourth-order valence-electron chi connectivity index (χ4n) is 4.60. The third-order valence-corrected chi connectivity index (χ3v) is 6.22. The van der Waals surface area contributed by atoms with Crippen LogP contribution in [0.4, 0.5) is 0 Å². The summed E-state index contributed by atoms with van der Waals surface area (Å²) in [5.74, 6) is 1.52. The van der Waals surface area contributed by atoms with Crippen molar-refractivity contribution in [3.8, 4) is 0 Å². The molecule has 0 radical (unpaired) electrons. The molecule has 0 saturated carbocycles. The Morgan fingerprint density at radius 3 is 2.62 bits per heavy atom. The maximum Gasteiger partial charge on any atom is 0.191 e. The molecule has 32 heavy (non-hydrogen) atoms. The van der Waals surface area contributed by atoms with Gasteiger partial charge in [0.25, 0.3) is 0 Å². The molecule has 0 bridgehead atoms. The zero-order chi connectivity index (χ0) is 22.8. The van der Waals surface area contributed by atoms with Crippen molar-refractivity contribution < 1.29 is 9.47 Å². The van der Waals surface area contributed by atoms with E-state index in [0.717, 1.165) is 71.6 Å². The highest BCUT2D eigenvalue weighted by atomic mass is 16.5. The van der Waals surface area contributed by atoms with Crippen molar-refractivity contribution in [3.63, 3.8) is 0 Å². The first-order chi connectivity index (χ1) is 15.5. The molecule has 2 unspecified atom stereocenters. The van der Waals surface area contributed by atoms with E-state index in [0.29, 0.717) is 18.1 Å². The maximum absolute atomic E-state index is 5.67. The molecule has 0 aliphatic carbocycles. The van der Waals surface area contributed by atoms with Gasteiger partial charge in [0.2, 0.25) is 0 Å². The molecule has 1 aromatic carbocycles. The Labute approximate surface area is 194 Å². The van der Waals surface area contributed by atoms with Crippen LogP contribution in [-0.2, 0) is 22.6 Å². The van der Waals surface area contributed by atoms with E-state index in [2.05, 4.69) is 70.5 Å². The molecule has 3 rings (SSSR count). The predicted octanol–water partition coefficient (Wildman–Crippen LogP) is 2.32. The Kier molecular flexibility index (Phi) is 10.2. The van der Waals surface area contributed by atoms with Gasteiger partial charge in [0, 0.05) is 58.9 Å². The van der Waals surface area contributed by atoms with Gasteiger partial charge in [0.15, 0.2) is 5.96 Å². The van der Waals surface area contributed by atoms with Crippen LogP contribution >= 0.6 is 0 Å². The molecular formula is C25H43N5O2. The molecule has 0 amide bonds. The number of hydrogen-bond donors (Lipinski definition) is 2. The second-order valence-electron chi connectivity index (χ2n) is 9.47. The van der Waals surface area contributed by atoms with Gasteiger partial charge in [0.05, 0.1) is 25.9 Å². The average molecular weight is 446 g/mol. The highest BCUT2D eigenvalue weighted by Gasteiger charge is 2.22. The lowest BCUT2D eigenvalue weighted by molar-refractivity contribution is -0.0212. The fraction of sp³-hybridized carbons (Fsp3) is 0.720. The number of hydrogen-bond acceptors (Lipinski definition) is 5. The van der Waals surface area contributed by atoms with Crippen LogP contribution in [0, 0.1) is 5.92 Å². The number of nitrogens with zero attached hydrogens (tertiary/aromatic N) is 3. The summed E-state index contributed by atoms with van der Waals surface area (Å²) < 4.78 is 11.2. The standard InChI is InChI=1S/C25H43N5O2/c1-20(2)14-24(30-9-11-31-12-10-30)17-28-25(26-4)27-16-22-6-5-7-23(15-22)19-29-8-13-32-21(3)18-29/h5-7,15,20-21,24H,8-14,16-19H2,1-4H3,(H2,26,27,28). The van der Waals surface area contributed by atoms with Gasteiger partial charge in [-0.15, -0.1) is 0 Å². The van der Waals surface area contributed by atoms with Gasteiger partial charge in [-0.25, -0.2) is 0 Å². The molecular weight excluding hydrogens is 402 g/mol. The van der Waals surface area contributed by atoms with Gasteiger partial charge < -0.3 is 20.1 Å². The van der Waals surface area contributed by atoms with E-state index in [1.807, 2.05) is 7.05 Å². The summed E-state index contributed by atoms with van der Waals surface area (Å²) in [5, 5.41) is 7.06. The minimum absolute atomic E-state index is 0.319. The summed E-state index contributed by atoms with van der Waals surface area (Å²) in [5.41, 5.74) is 2.63. The van der Waals surface area contributed by atoms with E-state index >= 15 is 0 Å². The van der Waals surface area contributed by atoms with Crippen LogP contribution in [0.3, 0.4) is 0 Å². The summed E-state index contributed by atoms with van der Waals surface area (Å²) in [7, 11) is 1.84. The molecule has 0 spiro atoms. The van der Waals surface area contributed by atoms with Crippen LogP contribution < -0.4 is 10.6 Å². The van der Waals surface area contributed by atoms with Crippen LogP contribution in [-0.4, -0.2) is 87.5 Å². The first-order valence-corrected chi connectivity index (χ1v) is 12.2. The van der Waals surface area contributed by atoms with E-state index in [4.69, 9.17) is 9.47 Å². The quantitative estimate of drug-likeness (QED) is 0.449. The number of rotatable bonds is 9. The lowest BCUT2D eigenvalue weighted by atomic mass is 10.0. The van der Waals surface area contributed by atoms with Crippen LogP contribution in [0.1, 0.15) is 38.3 Å². The van der Waals surface area contributed by atoms with Crippen molar-refractivity contribution in [1.82, 2.24) is 20.4 Å². The summed E-state index contributed by atoms with van der Waals surface area (Å²) in [4.78, 5) is 9.48. The molecule has 0 aromatic heterocycles. The van der Waals surface area contributed by atoms with E-state index < -0.39 is 0 Å². The monoisotopic (exact) mass is 445 g/mol. The molecule has 7 nitrogen and oxygen atoms in total. The molecule has 2 aliphatic heterocycles. The highest BCUT2D eigenvalue weighted by Crippen LogP contribution is 2.14. The van der Waals surface area contributed by atoms with E-state index in [1.54, 1.807) is 0 Å². The second-order valence-corrected chi connectivity index (χ2v) is 9.47. The zero-order valence-electron chi connectivity index (χ0n) is 20.5. The minimum Gasteiger partial charge on any atom is -0.379 e. The van der Waals surface area contributed by atoms with Crippen molar-refractivity contribution in [2.24, 2.45) is 10.9 Å². The fourth-order valence-corrected chi connectivity index (χ4v) is 4.60. The molecule has 180 valence electrons. The third-order valence-electron chi connectivity index (χ3n) is 6.22. The molecule has 2 atom stereocenters. The minimum atomic E-state index is 0.319. The van der Waals surface area contributed by atoms with Gasteiger partial charge in [0.1, 0.15) is 0 Å². The van der Waals surface area contributed by atoms with Gasteiger partial charge in [-0.1, -0.05) is 38.1 Å². The zero-order valence-corrected chi connectivity index (χ0v) is 20.5. The van der Waals surface area contributed by atoms with Crippen molar-refractivity contribution in [2.75, 3.05) is 59.6 Å². The number of nitrogens with one attached hydrogen (secondary N) is 2. The van der Waals surface area contributed by atoms with Crippen LogP contribution in [0.15, 0.2) is 29.3 Å². The molecule has 7 heteroatoms. The number of aliphatic imine (C=N–C) groups is 1. The lowest BCUT2D eigenvalue weighted by Gasteiger charge is -2.35. The van der Waals surface area contributed by atoms with Crippen LogP contribution in [0.25, 0.3) is 0 Å². The van der Waals surface area contributed by atoms with Crippen molar-refractivity contribution in [1.29, 1.82) is 0 Å². The topological polar surface area (TPSA) is 61.4 Å². The van der Waals surface area contributed by atoms with Crippen molar-refractivity contribution >= 4 is 5.96 Å². The van der Waals surface area contributed by atoms with E-state index in [1.165, 1.54) is 17.5 Å². The second kappa shape index (κ2) is 13.1. The SMILES string of the molecule is CN=C(NCc1cccc(CN2CCOC(C)C2)c1)NCC(CC(C)C)N1CCOCC1. The van der Waals surface area contributed by atoms with E-state index in [9.17, 15) is 0 Å². The summed E-state index contributed by atoms with van der Waals surface area (Å²) >= 11 is 0. The van der Waals surface area contributed by atoms with E-state index in [-0.39, 0.29) is 0 Å². The maximum atomic E-state index is 5.67. The molecule has 1 aromatic rings. The van der Waals surface area contributed by atoms with Gasteiger partial charge in [-0.2, -0.15) is 0 Å². The Bertz CT molecular complexity index is 705. The molecule has 2 fully saturated rings. The number of morpholine rings is 2. The summed E-state index contributed by atoms with van der Waals surface area (Å²) in [6.45, 7) is 15.9. The van der Waals surface area contributed by atoms with Crippen molar-refractivity contribution in [3.05, 3.63) is 35.4 Å². The largest absolute Gasteiger partial charge is 0.379 e. The molecule has 2 N–H and O–H groups in total. The Morgan fingerprint density at radius 1 is 1.12 bits per heavy atom. The number of guanidine groups is 1. The Hall–Kier alpha value is -1.67. The van der Waals surface area contributed by atoms with Gasteiger partial charge in [-0.05, 0) is 30.4 Å². The molecule has 2 saturated heterocycles. The van der Waals surface area contributed by atoms with Gasteiger partial charge >= 0.3 is 0 Å². The van der Waals surface area contributed by atoms with Crippen LogP contribution in [0.2, 0.25) is 0 Å². The number of benzene rings is 1. The molecule has 2 aliphatic rings. The number of ether oxygens (including phenoxy) is 2. The highest BCUT2D eigenvalue weighted by molar-refractivity contribution is 5.79. The predicted molar refractivity (Wildman–Crippen MR) is 131 cm³/mol. The third kappa shape index (κ3) is 8.35. The summed E-state index contributed by atoms with van der Waals surface area (Å²) in [6.07, 6.45) is 1.49. The smallest absolute Gasteiger partial charge is 0.191 e. The van der Waals surface area contributed by atoms with Gasteiger partial charge in [-0.3, -0.25) is 14.8 Å². The van der Waals surface area contributed by atoms with Crippen molar-refractivity contribution in [2.45, 2.75) is 52.4 Å². The average Bonchev–Trinajstić information content (AvgIpc) is 2.79. The Morgan fingerprint density at radius 2 is 1.91 bits per heavy atom. The first kappa shape index (κ1) is 25.0.